The number of hydrogen-bond acceptors (Lipinski definition) is 1. The Balaban J connectivity index is 2.37. The second kappa shape index (κ2) is 4.09. The summed E-state index contributed by atoms with van der Waals surface area (Å²) in [5.74, 6) is 0. The fraction of sp³-hybridized carbons (Fsp3) is 0.250. The average Bonchev–Trinajstić information content (AvgIpc) is 2.68. The van der Waals surface area contributed by atoms with Crippen molar-refractivity contribution in [1.82, 2.24) is 9.78 Å². The molecule has 0 saturated heterocycles. The van der Waals surface area contributed by atoms with Gasteiger partial charge in [-0.05, 0) is 18.1 Å². The molecule has 72 valence electrons. The van der Waals surface area contributed by atoms with Gasteiger partial charge in [-0.2, -0.15) is 5.10 Å². The van der Waals surface area contributed by atoms with Crippen LogP contribution in [0.4, 0.5) is 0 Å². The molecule has 0 N–H and O–H groups in total. The van der Waals surface area contributed by atoms with E-state index >= 15 is 0 Å². The van der Waals surface area contributed by atoms with E-state index in [-0.39, 0.29) is 0 Å². The van der Waals surface area contributed by atoms with Gasteiger partial charge >= 0.3 is 0 Å². The lowest BCUT2D eigenvalue weighted by Gasteiger charge is -2.05. The van der Waals surface area contributed by atoms with E-state index < -0.39 is 0 Å². The molecule has 2 heteroatoms. The predicted octanol–water partition coefficient (Wildman–Crippen LogP) is 2.96. The van der Waals surface area contributed by atoms with E-state index in [0.717, 1.165) is 13.0 Å². The van der Waals surface area contributed by atoms with Crippen molar-refractivity contribution in [3.63, 3.8) is 0 Å². The lowest BCUT2D eigenvalue weighted by atomic mass is 10.1. The van der Waals surface area contributed by atoms with E-state index in [1.807, 2.05) is 12.3 Å². The largest absolute Gasteiger partial charge is 0.265 e. The van der Waals surface area contributed by atoms with Crippen molar-refractivity contribution in [3.8, 4) is 11.3 Å². The zero-order chi connectivity index (χ0) is 9.80. The van der Waals surface area contributed by atoms with Crippen molar-refractivity contribution in [3.05, 3.63) is 42.6 Å². The van der Waals surface area contributed by atoms with Crippen molar-refractivity contribution < 1.29 is 0 Å². The molecule has 2 nitrogen and oxygen atoms in total. The lowest BCUT2D eigenvalue weighted by Crippen LogP contribution is -2.00. The minimum Gasteiger partial charge on any atom is -0.265 e. The third kappa shape index (κ3) is 1.69. The van der Waals surface area contributed by atoms with E-state index in [9.17, 15) is 0 Å². The minimum atomic E-state index is 0.983. The SMILES string of the molecule is CCCn1nccc1-c1ccccc1. The molecule has 1 aromatic carbocycles. The fourth-order valence-electron chi connectivity index (χ4n) is 1.58. The Labute approximate surface area is 84.2 Å². The third-order valence-corrected chi connectivity index (χ3v) is 2.22. The fourth-order valence-corrected chi connectivity index (χ4v) is 1.58. The van der Waals surface area contributed by atoms with Crippen molar-refractivity contribution in [1.29, 1.82) is 0 Å². The summed E-state index contributed by atoms with van der Waals surface area (Å²) >= 11 is 0. The van der Waals surface area contributed by atoms with Crippen LogP contribution >= 0.6 is 0 Å². The van der Waals surface area contributed by atoms with Crippen molar-refractivity contribution >= 4 is 0 Å². The first-order valence-electron chi connectivity index (χ1n) is 4.99. The maximum atomic E-state index is 4.30. The van der Waals surface area contributed by atoms with Crippen LogP contribution in [0, 0.1) is 0 Å². The van der Waals surface area contributed by atoms with Gasteiger partial charge in [-0.1, -0.05) is 37.3 Å². The highest BCUT2D eigenvalue weighted by molar-refractivity contribution is 5.58. The molecular formula is C12H14N2. The van der Waals surface area contributed by atoms with Gasteiger partial charge in [-0.3, -0.25) is 4.68 Å². The quantitative estimate of drug-likeness (QED) is 0.720. The zero-order valence-electron chi connectivity index (χ0n) is 8.35. The van der Waals surface area contributed by atoms with Crippen LogP contribution in [-0.2, 0) is 6.54 Å². The number of nitrogens with zero attached hydrogens (tertiary/aromatic N) is 2. The first-order valence-corrected chi connectivity index (χ1v) is 4.99. The molecular weight excluding hydrogens is 172 g/mol. The molecule has 0 fully saturated rings. The summed E-state index contributed by atoms with van der Waals surface area (Å²) in [5.41, 5.74) is 2.44. The molecule has 0 aliphatic rings. The van der Waals surface area contributed by atoms with Gasteiger partial charge in [0.05, 0.1) is 5.69 Å². The Morgan fingerprint density at radius 2 is 1.93 bits per heavy atom. The highest BCUT2D eigenvalue weighted by atomic mass is 15.3. The van der Waals surface area contributed by atoms with E-state index in [1.165, 1.54) is 11.3 Å². The molecule has 0 bridgehead atoms. The number of rotatable bonds is 3. The summed E-state index contributed by atoms with van der Waals surface area (Å²) in [4.78, 5) is 0. The molecule has 0 spiro atoms. The van der Waals surface area contributed by atoms with Gasteiger partial charge in [0.15, 0.2) is 0 Å². The molecule has 0 aliphatic heterocycles. The topological polar surface area (TPSA) is 17.8 Å². The number of benzene rings is 1. The lowest BCUT2D eigenvalue weighted by molar-refractivity contribution is 0.609. The summed E-state index contributed by atoms with van der Waals surface area (Å²) in [6.07, 6.45) is 2.97. The molecule has 2 rings (SSSR count). The molecule has 0 aliphatic carbocycles. The van der Waals surface area contributed by atoms with Crippen LogP contribution in [-0.4, -0.2) is 9.78 Å². The third-order valence-electron chi connectivity index (χ3n) is 2.22. The average molecular weight is 186 g/mol. The first kappa shape index (κ1) is 9.00. The Kier molecular flexibility index (Phi) is 2.63. The van der Waals surface area contributed by atoms with Gasteiger partial charge in [0.25, 0.3) is 0 Å². The molecule has 0 radical (unpaired) electrons. The summed E-state index contributed by atoms with van der Waals surface area (Å²) in [7, 11) is 0. The van der Waals surface area contributed by atoms with Crippen LogP contribution in [0.3, 0.4) is 0 Å². The van der Waals surface area contributed by atoms with Gasteiger partial charge in [0, 0.05) is 12.7 Å². The van der Waals surface area contributed by atoms with Crippen molar-refractivity contribution in [2.75, 3.05) is 0 Å². The molecule has 2 aromatic rings. The second-order valence-electron chi connectivity index (χ2n) is 3.31. The predicted molar refractivity (Wildman–Crippen MR) is 58.0 cm³/mol. The Bertz CT molecular complexity index is 390. The van der Waals surface area contributed by atoms with E-state index in [0.29, 0.717) is 0 Å². The first-order chi connectivity index (χ1) is 6.92. The highest BCUT2D eigenvalue weighted by Gasteiger charge is 2.02. The summed E-state index contributed by atoms with van der Waals surface area (Å²) in [5, 5.41) is 4.30. The standard InChI is InChI=1S/C12H14N2/c1-2-10-14-12(8-9-13-14)11-6-4-3-5-7-11/h3-9H,2,10H2,1H3. The smallest absolute Gasteiger partial charge is 0.0682 e. The van der Waals surface area contributed by atoms with Gasteiger partial charge in [0.2, 0.25) is 0 Å². The van der Waals surface area contributed by atoms with Gasteiger partial charge in [-0.15, -0.1) is 0 Å². The van der Waals surface area contributed by atoms with Crippen LogP contribution in [0.5, 0.6) is 0 Å². The molecule has 1 heterocycles. The number of aryl methyl sites for hydroxylation is 1. The Morgan fingerprint density at radius 3 is 2.64 bits per heavy atom. The van der Waals surface area contributed by atoms with E-state index in [1.54, 1.807) is 0 Å². The van der Waals surface area contributed by atoms with Crippen LogP contribution < -0.4 is 0 Å². The minimum absolute atomic E-state index is 0.983. The highest BCUT2D eigenvalue weighted by Crippen LogP contribution is 2.18. The number of aromatic nitrogens is 2. The molecule has 0 saturated carbocycles. The van der Waals surface area contributed by atoms with Crippen LogP contribution in [0.2, 0.25) is 0 Å². The maximum Gasteiger partial charge on any atom is 0.0682 e. The summed E-state index contributed by atoms with van der Waals surface area (Å²) in [6, 6.07) is 12.4. The Hall–Kier alpha value is -1.57. The Morgan fingerprint density at radius 1 is 1.14 bits per heavy atom. The van der Waals surface area contributed by atoms with Crippen LogP contribution in [0.1, 0.15) is 13.3 Å². The van der Waals surface area contributed by atoms with E-state index in [4.69, 9.17) is 0 Å². The summed E-state index contributed by atoms with van der Waals surface area (Å²) < 4.78 is 2.05. The molecule has 0 amide bonds. The molecule has 1 aromatic heterocycles. The monoisotopic (exact) mass is 186 g/mol. The number of hydrogen-bond donors (Lipinski definition) is 0. The van der Waals surface area contributed by atoms with Gasteiger partial charge in [0.1, 0.15) is 0 Å². The molecule has 14 heavy (non-hydrogen) atoms. The zero-order valence-corrected chi connectivity index (χ0v) is 8.35. The van der Waals surface area contributed by atoms with Crippen LogP contribution in [0.25, 0.3) is 11.3 Å². The van der Waals surface area contributed by atoms with Crippen molar-refractivity contribution in [2.24, 2.45) is 0 Å². The molecule has 0 unspecified atom stereocenters. The van der Waals surface area contributed by atoms with Crippen molar-refractivity contribution in [2.45, 2.75) is 19.9 Å². The van der Waals surface area contributed by atoms with E-state index in [2.05, 4.69) is 47.0 Å². The maximum absolute atomic E-state index is 4.30. The second-order valence-corrected chi connectivity index (χ2v) is 3.31. The van der Waals surface area contributed by atoms with Gasteiger partial charge < -0.3 is 0 Å². The van der Waals surface area contributed by atoms with Gasteiger partial charge in [-0.25, -0.2) is 0 Å². The normalized spacial score (nSPS) is 10.4. The molecule has 0 atom stereocenters. The van der Waals surface area contributed by atoms with Crippen LogP contribution in [0.15, 0.2) is 42.6 Å². The summed E-state index contributed by atoms with van der Waals surface area (Å²) in [6.45, 7) is 3.15.